The monoisotopic (exact) mass is 339 g/mol. The van der Waals surface area contributed by atoms with Crippen molar-refractivity contribution < 1.29 is 14.7 Å². The van der Waals surface area contributed by atoms with Gasteiger partial charge in [0.05, 0.1) is 16.1 Å². The van der Waals surface area contributed by atoms with Crippen LogP contribution in [0.5, 0.6) is 0 Å². The minimum atomic E-state index is -1.06. The minimum absolute atomic E-state index is 0.0870. The molecule has 5 heteroatoms. The highest BCUT2D eigenvalue weighted by molar-refractivity contribution is 7.21. The van der Waals surface area contributed by atoms with Gasteiger partial charge in [-0.15, -0.1) is 11.3 Å². The number of anilines is 1. The first-order chi connectivity index (χ1) is 11.6. The molecule has 4 nitrogen and oxygen atoms in total. The zero-order valence-corrected chi connectivity index (χ0v) is 14.0. The summed E-state index contributed by atoms with van der Waals surface area (Å²) in [4.78, 5) is 24.7. The first-order valence-electron chi connectivity index (χ1n) is 7.76. The second-order valence-corrected chi connectivity index (χ2v) is 6.51. The number of benzene rings is 2. The Bertz CT molecular complexity index is 914. The summed E-state index contributed by atoms with van der Waals surface area (Å²) >= 11 is 1.45. The van der Waals surface area contributed by atoms with Gasteiger partial charge in [0, 0.05) is 4.70 Å². The maximum absolute atomic E-state index is 12.8. The molecule has 3 rings (SSSR count). The smallest absolute Gasteiger partial charge is 0.337 e. The summed E-state index contributed by atoms with van der Waals surface area (Å²) in [5, 5.41) is 13.1. The predicted octanol–water partition coefficient (Wildman–Crippen LogP) is 4.80. The van der Waals surface area contributed by atoms with Crippen LogP contribution in [0.3, 0.4) is 0 Å². The molecule has 0 aliphatic heterocycles. The van der Waals surface area contributed by atoms with Crippen molar-refractivity contribution in [3.05, 3.63) is 64.5 Å². The van der Waals surface area contributed by atoms with Gasteiger partial charge >= 0.3 is 5.97 Å². The quantitative estimate of drug-likeness (QED) is 0.701. The van der Waals surface area contributed by atoms with Crippen molar-refractivity contribution in [2.45, 2.75) is 19.8 Å². The van der Waals surface area contributed by atoms with Gasteiger partial charge in [-0.25, -0.2) is 4.79 Å². The molecule has 0 bridgehead atoms. The zero-order chi connectivity index (χ0) is 17.1. The van der Waals surface area contributed by atoms with E-state index >= 15 is 0 Å². The lowest BCUT2D eigenvalue weighted by Crippen LogP contribution is -2.15. The van der Waals surface area contributed by atoms with Crippen LogP contribution in [0.1, 0.15) is 38.9 Å². The number of hydrogen-bond donors (Lipinski definition) is 2. The zero-order valence-electron chi connectivity index (χ0n) is 13.2. The SMILES string of the molecule is CCCc1c(C(=O)Nc2ccccc2C(=O)O)sc2ccccc12. The molecule has 122 valence electrons. The number of fused-ring (bicyclic) bond motifs is 1. The third-order valence-corrected chi connectivity index (χ3v) is 5.02. The van der Waals surface area contributed by atoms with Gasteiger partial charge < -0.3 is 10.4 Å². The Balaban J connectivity index is 2.00. The molecule has 0 fully saturated rings. The van der Waals surface area contributed by atoms with Crippen molar-refractivity contribution in [2.75, 3.05) is 5.32 Å². The second kappa shape index (κ2) is 6.84. The summed E-state index contributed by atoms with van der Waals surface area (Å²) in [6, 6.07) is 14.4. The highest BCUT2D eigenvalue weighted by atomic mass is 32.1. The largest absolute Gasteiger partial charge is 0.478 e. The molecule has 0 aliphatic rings. The molecule has 2 N–H and O–H groups in total. The van der Waals surface area contributed by atoms with E-state index in [1.54, 1.807) is 18.2 Å². The summed E-state index contributed by atoms with van der Waals surface area (Å²) in [6.07, 6.45) is 1.75. The molecule has 0 radical (unpaired) electrons. The number of nitrogens with one attached hydrogen (secondary N) is 1. The number of carbonyl (C=O) groups is 2. The maximum Gasteiger partial charge on any atom is 0.337 e. The number of carboxylic acid groups (broad SMARTS) is 1. The van der Waals surface area contributed by atoms with E-state index < -0.39 is 5.97 Å². The standard InChI is InChI=1S/C19H17NO3S/c1-2-7-13-12-8-4-6-11-16(12)24-17(13)18(21)20-15-10-5-3-9-14(15)19(22)23/h3-6,8-11H,2,7H2,1H3,(H,20,21)(H,22,23). The van der Waals surface area contributed by atoms with Gasteiger partial charge in [-0.3, -0.25) is 4.79 Å². The van der Waals surface area contributed by atoms with E-state index in [9.17, 15) is 14.7 Å². The Hall–Kier alpha value is -2.66. The van der Waals surface area contributed by atoms with Gasteiger partial charge in [0.25, 0.3) is 5.91 Å². The van der Waals surface area contributed by atoms with E-state index in [1.807, 2.05) is 24.3 Å². The van der Waals surface area contributed by atoms with Gasteiger partial charge in [-0.1, -0.05) is 43.7 Å². The van der Waals surface area contributed by atoms with Crippen LogP contribution in [-0.2, 0) is 6.42 Å². The van der Waals surface area contributed by atoms with Gasteiger partial charge in [0.2, 0.25) is 0 Å². The fourth-order valence-corrected chi connectivity index (χ4v) is 3.88. The van der Waals surface area contributed by atoms with E-state index in [0.717, 1.165) is 28.5 Å². The number of amides is 1. The second-order valence-electron chi connectivity index (χ2n) is 5.46. The molecule has 0 atom stereocenters. The fraction of sp³-hybridized carbons (Fsp3) is 0.158. The minimum Gasteiger partial charge on any atom is -0.478 e. The van der Waals surface area contributed by atoms with E-state index in [-0.39, 0.29) is 11.5 Å². The summed E-state index contributed by atoms with van der Waals surface area (Å²) < 4.78 is 1.07. The number of aryl methyl sites for hydroxylation is 1. The first-order valence-corrected chi connectivity index (χ1v) is 8.57. The number of carbonyl (C=O) groups excluding carboxylic acids is 1. The van der Waals surface area contributed by atoms with E-state index in [0.29, 0.717) is 10.6 Å². The van der Waals surface area contributed by atoms with Crippen molar-refractivity contribution >= 4 is 39.0 Å². The third-order valence-electron chi connectivity index (χ3n) is 3.81. The molecule has 0 spiro atoms. The van der Waals surface area contributed by atoms with Crippen molar-refractivity contribution in [1.82, 2.24) is 0 Å². The van der Waals surface area contributed by atoms with E-state index in [2.05, 4.69) is 12.2 Å². The molecule has 0 saturated heterocycles. The number of carboxylic acids is 1. The van der Waals surface area contributed by atoms with E-state index in [1.165, 1.54) is 17.4 Å². The summed E-state index contributed by atoms with van der Waals surface area (Å²) in [5.41, 5.74) is 1.43. The average Bonchev–Trinajstić information content (AvgIpc) is 2.94. The molecule has 0 unspecified atom stereocenters. The van der Waals surface area contributed by atoms with Crippen LogP contribution in [0, 0.1) is 0 Å². The lowest BCUT2D eigenvalue weighted by Gasteiger charge is -2.08. The molecule has 24 heavy (non-hydrogen) atoms. The van der Waals surface area contributed by atoms with Crippen LogP contribution in [0.2, 0.25) is 0 Å². The summed E-state index contributed by atoms with van der Waals surface area (Å²) in [7, 11) is 0. The highest BCUT2D eigenvalue weighted by Crippen LogP contribution is 2.33. The van der Waals surface area contributed by atoms with Crippen LogP contribution in [-0.4, -0.2) is 17.0 Å². The molecule has 3 aromatic rings. The third kappa shape index (κ3) is 3.03. The fourth-order valence-electron chi connectivity index (χ4n) is 2.74. The van der Waals surface area contributed by atoms with Crippen molar-refractivity contribution in [1.29, 1.82) is 0 Å². The number of para-hydroxylation sites is 1. The number of thiophene rings is 1. The Kier molecular flexibility index (Phi) is 4.62. The van der Waals surface area contributed by atoms with Crippen LogP contribution in [0.4, 0.5) is 5.69 Å². The number of hydrogen-bond acceptors (Lipinski definition) is 3. The molecular formula is C19H17NO3S. The average molecular weight is 339 g/mol. The van der Waals surface area contributed by atoms with Crippen molar-refractivity contribution in [3.63, 3.8) is 0 Å². The summed E-state index contributed by atoms with van der Waals surface area (Å²) in [6.45, 7) is 2.08. The predicted molar refractivity (Wildman–Crippen MR) is 97.2 cm³/mol. The number of aromatic carboxylic acids is 1. The Labute approximate surface area is 143 Å². The number of rotatable bonds is 5. The van der Waals surface area contributed by atoms with E-state index in [4.69, 9.17) is 0 Å². The highest BCUT2D eigenvalue weighted by Gasteiger charge is 2.19. The maximum atomic E-state index is 12.8. The van der Waals surface area contributed by atoms with Crippen LogP contribution >= 0.6 is 11.3 Å². The topological polar surface area (TPSA) is 66.4 Å². The molecule has 2 aromatic carbocycles. The van der Waals surface area contributed by atoms with Crippen LogP contribution in [0.25, 0.3) is 10.1 Å². The lowest BCUT2D eigenvalue weighted by atomic mass is 10.1. The molecule has 0 saturated carbocycles. The lowest BCUT2D eigenvalue weighted by molar-refractivity contribution is 0.0698. The van der Waals surface area contributed by atoms with Crippen LogP contribution in [0.15, 0.2) is 48.5 Å². The van der Waals surface area contributed by atoms with Gasteiger partial charge in [0.15, 0.2) is 0 Å². The van der Waals surface area contributed by atoms with Gasteiger partial charge in [-0.05, 0) is 35.6 Å². The molecular weight excluding hydrogens is 322 g/mol. The van der Waals surface area contributed by atoms with Crippen molar-refractivity contribution in [2.24, 2.45) is 0 Å². The van der Waals surface area contributed by atoms with Gasteiger partial charge in [-0.2, -0.15) is 0 Å². The van der Waals surface area contributed by atoms with Crippen LogP contribution < -0.4 is 5.32 Å². The Morgan fingerprint density at radius 1 is 1.08 bits per heavy atom. The first kappa shape index (κ1) is 16.2. The molecule has 1 heterocycles. The molecule has 1 aromatic heterocycles. The van der Waals surface area contributed by atoms with Crippen molar-refractivity contribution in [3.8, 4) is 0 Å². The Morgan fingerprint density at radius 2 is 1.79 bits per heavy atom. The summed E-state index contributed by atoms with van der Waals surface area (Å²) in [5.74, 6) is -1.32. The normalized spacial score (nSPS) is 10.7. The van der Waals surface area contributed by atoms with Gasteiger partial charge in [0.1, 0.15) is 0 Å². The molecule has 0 aliphatic carbocycles. The molecule has 1 amide bonds. The Morgan fingerprint density at radius 3 is 2.54 bits per heavy atom.